The van der Waals surface area contributed by atoms with Crippen molar-refractivity contribution < 1.29 is 47.7 Å². The molecule has 2 saturated heterocycles. The Morgan fingerprint density at radius 1 is 0.789 bits per heavy atom. The second-order valence-electron chi connectivity index (χ2n) is 27.8. The van der Waals surface area contributed by atoms with Gasteiger partial charge in [-0.2, -0.15) is 11.8 Å². The van der Waals surface area contributed by atoms with E-state index in [1.54, 1.807) is 32.1 Å². The zero-order chi connectivity index (χ0) is 68.1. The lowest BCUT2D eigenvalue weighted by atomic mass is 9.85. The first-order valence-corrected chi connectivity index (χ1v) is 37.8. The summed E-state index contributed by atoms with van der Waals surface area (Å²) in [6.45, 7) is 19.7. The number of unbranched alkanes of at least 4 members (excludes halogenated alkanes) is 7. The van der Waals surface area contributed by atoms with Gasteiger partial charge in [-0.05, 0) is 92.1 Å². The minimum atomic E-state index is -2.65. The van der Waals surface area contributed by atoms with Crippen molar-refractivity contribution in [3.05, 3.63) is 119 Å². The fourth-order valence-electron chi connectivity index (χ4n) is 13.9. The molecule has 0 radical (unpaired) electrons. The Morgan fingerprint density at radius 3 is 2.02 bits per heavy atom. The van der Waals surface area contributed by atoms with Crippen molar-refractivity contribution in [2.24, 2.45) is 27.6 Å². The van der Waals surface area contributed by atoms with Crippen LogP contribution >= 0.6 is 11.8 Å². The number of ether oxygens (including phenoxy) is 3. The highest BCUT2D eigenvalue weighted by molar-refractivity contribution is 7.99. The van der Waals surface area contributed by atoms with Crippen LogP contribution in [-0.2, 0) is 37.8 Å². The molecule has 22 heteroatoms. The number of ketones is 2. The van der Waals surface area contributed by atoms with E-state index >= 15 is 0 Å². The number of thioether (sulfide) groups is 1. The van der Waals surface area contributed by atoms with Crippen LogP contribution < -0.4 is 42.7 Å². The summed E-state index contributed by atoms with van der Waals surface area (Å²) in [7, 11) is 0.304. The molecule has 0 aromatic heterocycles. The van der Waals surface area contributed by atoms with Crippen molar-refractivity contribution >= 4 is 71.8 Å². The number of aliphatic hydroxyl groups is 1. The van der Waals surface area contributed by atoms with Crippen LogP contribution in [0, 0.1) is 11.8 Å². The van der Waals surface area contributed by atoms with Gasteiger partial charge in [-0.3, -0.25) is 19.2 Å². The van der Waals surface area contributed by atoms with E-state index in [0.29, 0.717) is 44.2 Å². The van der Waals surface area contributed by atoms with Gasteiger partial charge in [0, 0.05) is 107 Å². The molecule has 95 heavy (non-hydrogen) atoms. The van der Waals surface area contributed by atoms with E-state index in [0.717, 1.165) is 127 Å². The van der Waals surface area contributed by atoms with Crippen LogP contribution in [0.2, 0.25) is 5.04 Å². The molecular weight excluding hydrogens is 1240 g/mol. The summed E-state index contributed by atoms with van der Waals surface area (Å²) in [6, 6.07) is 22.6. The highest BCUT2D eigenvalue weighted by Crippen LogP contribution is 2.38. The maximum absolute atomic E-state index is 14.2. The number of nitrogens with two attached hydrogens (primary N) is 1. The lowest BCUT2D eigenvalue weighted by Crippen LogP contribution is -2.67. The van der Waals surface area contributed by atoms with Crippen LogP contribution in [0.25, 0.3) is 0 Å². The molecule has 2 aromatic carbocycles. The van der Waals surface area contributed by atoms with Gasteiger partial charge in [-0.1, -0.05) is 158 Å². The molecule has 0 unspecified atom stereocenters. The van der Waals surface area contributed by atoms with E-state index in [4.69, 9.17) is 34.4 Å². The number of amides is 3. The molecule has 2 fully saturated rings. The summed E-state index contributed by atoms with van der Waals surface area (Å²) in [5, 5.41) is 30.7. The largest absolute Gasteiger partial charge is 0.439 e. The van der Waals surface area contributed by atoms with Crippen molar-refractivity contribution in [3.63, 3.8) is 0 Å². The Hall–Kier alpha value is -6.56. The minimum absolute atomic E-state index is 0.0824. The molecule has 10 atom stereocenters. The highest BCUT2D eigenvalue weighted by atomic mass is 32.2. The van der Waals surface area contributed by atoms with Crippen molar-refractivity contribution in [2.45, 2.75) is 198 Å². The number of carbonyl (C=O) groups is 5. The SMILES string of the molecule is CO[C@H]1/C=C\C=C(/C)C(=O)NC2=CC(=O)C(NCCCCCCCCCCC(=O)NC[C@H]3CCN4CC[C@H](CSC[C@H]5CCN6CC[C@H](CO[Si](c7ccccc7)(c7ccccc7)C(C)(C)C)N=C6N5)N=C4N3)=C(C[C@@H](C)C[C@H](OC)[C@H](O)[C@@H](C)/C=C(\C)[C@@H]1OC(N)=O)C2=O. The van der Waals surface area contributed by atoms with Crippen molar-refractivity contribution in [3.8, 4) is 0 Å². The lowest BCUT2D eigenvalue weighted by Gasteiger charge is -2.44. The molecule has 1 aliphatic carbocycles. The van der Waals surface area contributed by atoms with E-state index in [1.165, 1.54) is 36.7 Å². The average Bonchev–Trinajstić information content (AvgIpc) is 0.767. The topological polar surface area (TPSA) is 260 Å². The van der Waals surface area contributed by atoms with Gasteiger partial charge in [0.25, 0.3) is 14.2 Å². The second-order valence-corrected chi connectivity index (χ2v) is 33.2. The summed E-state index contributed by atoms with van der Waals surface area (Å²) in [6.07, 6.45) is 16.2. The maximum Gasteiger partial charge on any atom is 0.405 e. The van der Waals surface area contributed by atoms with Crippen LogP contribution in [0.5, 0.6) is 0 Å². The van der Waals surface area contributed by atoms with Gasteiger partial charge < -0.3 is 65.9 Å². The van der Waals surface area contributed by atoms with Crippen LogP contribution in [0.4, 0.5) is 4.79 Å². The number of aliphatic hydroxyl groups excluding tert-OH is 1. The zero-order valence-corrected chi connectivity index (χ0v) is 59.6. The molecule has 3 amide bonds. The van der Waals surface area contributed by atoms with E-state index in [2.05, 4.69) is 118 Å². The fraction of sp³-hybridized carbons (Fsp3) is 0.603. The number of hydrogen-bond acceptors (Lipinski definition) is 18. The predicted octanol–water partition coefficient (Wildman–Crippen LogP) is 7.87. The Labute approximate surface area is 569 Å². The van der Waals surface area contributed by atoms with Gasteiger partial charge in [0.1, 0.15) is 6.10 Å². The molecule has 520 valence electrons. The molecular formula is C73H108N10O10SSi. The Morgan fingerprint density at radius 2 is 1.39 bits per heavy atom. The molecule has 8 N–H and O–H groups in total. The van der Waals surface area contributed by atoms with E-state index in [1.807, 2.05) is 25.6 Å². The van der Waals surface area contributed by atoms with Gasteiger partial charge in [-0.25, -0.2) is 14.8 Å². The van der Waals surface area contributed by atoms with Crippen molar-refractivity contribution in [1.82, 2.24) is 36.4 Å². The number of guanidine groups is 2. The fourth-order valence-corrected chi connectivity index (χ4v) is 19.7. The average molecular weight is 1350 g/mol. The first kappa shape index (κ1) is 74.2. The summed E-state index contributed by atoms with van der Waals surface area (Å²) in [5.74, 6) is 1.94. The van der Waals surface area contributed by atoms with Crippen molar-refractivity contribution in [2.75, 3.05) is 71.6 Å². The zero-order valence-electron chi connectivity index (χ0n) is 57.8. The third-order valence-corrected chi connectivity index (χ3v) is 25.6. The number of carbonyl (C=O) groups excluding carboxylic acids is 5. The number of aliphatic imine (C=N–C) groups is 2. The van der Waals surface area contributed by atoms with Gasteiger partial charge in [0.15, 0.2) is 18.0 Å². The van der Waals surface area contributed by atoms with Crippen LogP contribution in [0.3, 0.4) is 0 Å². The predicted molar refractivity (Wildman–Crippen MR) is 381 cm³/mol. The number of hydrogen-bond donors (Lipinski definition) is 7. The summed E-state index contributed by atoms with van der Waals surface area (Å²) < 4.78 is 24.2. The molecule has 5 heterocycles. The lowest BCUT2D eigenvalue weighted by molar-refractivity contribution is -0.121. The van der Waals surface area contributed by atoms with Crippen molar-refractivity contribution in [1.29, 1.82) is 0 Å². The summed E-state index contributed by atoms with van der Waals surface area (Å²) in [4.78, 5) is 81.7. The molecule has 6 aliphatic rings. The number of nitrogens with one attached hydrogen (secondary N) is 5. The molecule has 8 rings (SSSR count). The van der Waals surface area contributed by atoms with Gasteiger partial charge in [-0.15, -0.1) is 0 Å². The van der Waals surface area contributed by atoms with Gasteiger partial charge in [0.2, 0.25) is 17.5 Å². The molecule has 20 nitrogen and oxygen atoms in total. The summed E-state index contributed by atoms with van der Waals surface area (Å²) in [5.41, 5.74) is 6.65. The number of benzene rings is 2. The quantitative estimate of drug-likeness (QED) is 0.0205. The monoisotopic (exact) mass is 1340 g/mol. The molecule has 2 bridgehead atoms. The third-order valence-electron chi connectivity index (χ3n) is 19.3. The van der Waals surface area contributed by atoms with E-state index in [-0.39, 0.29) is 63.9 Å². The number of Topliss-reactive ketones (excluding diaryl/α,β-unsaturated/α-hetero) is 1. The molecule has 0 saturated carbocycles. The summed E-state index contributed by atoms with van der Waals surface area (Å²) >= 11 is 1.99. The maximum atomic E-state index is 14.2. The highest BCUT2D eigenvalue weighted by Gasteiger charge is 2.51. The Kier molecular flexibility index (Phi) is 28.2. The Balaban J connectivity index is 0.717. The van der Waals surface area contributed by atoms with Crippen LogP contribution in [0.1, 0.15) is 145 Å². The van der Waals surface area contributed by atoms with Gasteiger partial charge >= 0.3 is 6.09 Å². The number of allylic oxidation sites excluding steroid dienone is 4. The first-order valence-electron chi connectivity index (χ1n) is 34.8. The molecule has 5 aliphatic heterocycles. The number of methoxy groups -OCH3 is 2. The van der Waals surface area contributed by atoms with Crippen LogP contribution in [-0.4, -0.2) is 185 Å². The van der Waals surface area contributed by atoms with Gasteiger partial charge in [0.05, 0.1) is 42.3 Å². The number of fused-ring (bicyclic) bond motifs is 4. The number of rotatable bonds is 26. The standard InChI is InChI=1S/C73H108N10O10SSi/c1-49-41-59-65(61(84)44-60(67(59)87)81-69(88)50(2)25-24-30-62(90-8)68(93-70(74)89)52(4)43-51(3)66(86)63(42-49)91-9)75-36-23-15-13-11-10-12-14-22-31-64(85)76-45-53-32-37-82-39-34-55(79-71(82)77-53)47-94-48-56-35-40-83-38-33-54(78-72(83)80-56)46-92-95(73(5,6)7,57-26-18-16-19-27-57)58-28-20-17-21-29-58/h16-21,24-30,43-44,49,51,53-56,62-63,66,68,75,86H,10-15,22-23,31-42,45-48H2,1-9H3,(H2,74,89)(H,76,85)(H,77,79)(H,78,80)(H,81,88)/b30-24-,50-25+,52-43+/t49-,51+,53-,54-,55-,56-,62+,63+,66-,68+/m1/s1. The molecule has 0 spiro atoms. The Bertz CT molecular complexity index is 3090. The van der Waals surface area contributed by atoms with Crippen LogP contribution in [0.15, 0.2) is 129 Å². The minimum Gasteiger partial charge on any atom is -0.439 e. The second kappa shape index (κ2) is 36.1. The normalized spacial score (nSPS) is 27.1. The van der Waals surface area contributed by atoms with E-state index in [9.17, 15) is 29.1 Å². The number of primary amides is 1. The van der Waals surface area contributed by atoms with E-state index < -0.39 is 62.2 Å². The number of nitrogens with zero attached hydrogens (tertiary/aromatic N) is 4. The first-order chi connectivity index (χ1) is 45.7. The molecule has 2 aromatic rings. The smallest absolute Gasteiger partial charge is 0.405 e. The third kappa shape index (κ3) is 20.7.